The van der Waals surface area contributed by atoms with Crippen LogP contribution in [0, 0.1) is 5.92 Å². The number of hydrogen-bond acceptors (Lipinski definition) is 4. The van der Waals surface area contributed by atoms with Crippen LogP contribution in [0.15, 0.2) is 16.6 Å². The van der Waals surface area contributed by atoms with Crippen LogP contribution in [-0.2, 0) is 6.54 Å². The molecular weight excluding hydrogens is 332 g/mol. The summed E-state index contributed by atoms with van der Waals surface area (Å²) in [6.07, 6.45) is 0. The smallest absolute Gasteiger partial charge is 0.161 e. The second kappa shape index (κ2) is 8.61. The Morgan fingerprint density at radius 2 is 1.71 bits per heavy atom. The van der Waals surface area contributed by atoms with Crippen LogP contribution in [0.1, 0.15) is 19.4 Å². The molecule has 0 amide bonds. The van der Waals surface area contributed by atoms with Gasteiger partial charge in [-0.05, 0) is 37.7 Å². The van der Waals surface area contributed by atoms with Crippen LogP contribution >= 0.6 is 15.9 Å². The molecule has 0 fully saturated rings. The van der Waals surface area contributed by atoms with Crippen molar-refractivity contribution in [1.29, 1.82) is 0 Å². The fraction of sp³-hybridized carbons (Fsp3) is 0.625. The summed E-state index contributed by atoms with van der Waals surface area (Å²) < 4.78 is 11.7. The van der Waals surface area contributed by atoms with Gasteiger partial charge in [0.15, 0.2) is 11.5 Å². The lowest BCUT2D eigenvalue weighted by atomic mass is 10.0. The minimum Gasteiger partial charge on any atom is -0.493 e. The molecule has 1 rings (SSSR count). The molecule has 0 saturated heterocycles. The van der Waals surface area contributed by atoms with Crippen molar-refractivity contribution in [3.05, 3.63) is 22.2 Å². The monoisotopic (exact) mass is 358 g/mol. The summed E-state index contributed by atoms with van der Waals surface area (Å²) in [5, 5.41) is 3.63. The Morgan fingerprint density at radius 1 is 1.14 bits per heavy atom. The number of hydrogen-bond donors (Lipinski definition) is 1. The van der Waals surface area contributed by atoms with E-state index in [-0.39, 0.29) is 0 Å². The molecule has 1 N–H and O–H groups in total. The van der Waals surface area contributed by atoms with E-state index >= 15 is 0 Å². The number of likely N-dealkylation sites (N-methyl/N-ethyl adjacent to an activating group) is 1. The van der Waals surface area contributed by atoms with Crippen molar-refractivity contribution in [3.8, 4) is 11.5 Å². The Hall–Kier alpha value is -0.780. The summed E-state index contributed by atoms with van der Waals surface area (Å²) in [4.78, 5) is 2.21. The average molecular weight is 359 g/mol. The third kappa shape index (κ3) is 5.49. The molecule has 1 atom stereocenters. The van der Waals surface area contributed by atoms with Gasteiger partial charge >= 0.3 is 0 Å². The van der Waals surface area contributed by atoms with Crippen molar-refractivity contribution in [2.24, 2.45) is 5.92 Å². The molecule has 0 radical (unpaired) electrons. The van der Waals surface area contributed by atoms with Crippen molar-refractivity contribution in [2.45, 2.75) is 26.4 Å². The van der Waals surface area contributed by atoms with Crippen LogP contribution in [-0.4, -0.2) is 45.8 Å². The number of nitrogens with one attached hydrogen (secondary N) is 1. The number of methoxy groups -OCH3 is 2. The standard InChI is InChI=1S/C16H27BrN2O2/c1-11(2)14(10-19(3)4)18-9-12-7-15(20-5)16(21-6)8-13(12)17/h7-8,11,14,18H,9-10H2,1-6H3. The Balaban J connectivity index is 2.82. The maximum atomic E-state index is 5.37. The van der Waals surface area contributed by atoms with E-state index in [9.17, 15) is 0 Å². The van der Waals surface area contributed by atoms with Gasteiger partial charge in [-0.1, -0.05) is 29.8 Å². The second-order valence-corrected chi connectivity index (χ2v) is 6.65. The molecule has 5 heteroatoms. The zero-order valence-electron chi connectivity index (χ0n) is 13.9. The highest BCUT2D eigenvalue weighted by Gasteiger charge is 2.15. The summed E-state index contributed by atoms with van der Waals surface area (Å²) in [6, 6.07) is 4.41. The first-order valence-corrected chi connectivity index (χ1v) is 7.96. The number of halogens is 1. The van der Waals surface area contributed by atoms with E-state index in [0.717, 1.165) is 34.6 Å². The van der Waals surface area contributed by atoms with Gasteiger partial charge in [0.1, 0.15) is 0 Å². The number of nitrogens with zero attached hydrogens (tertiary/aromatic N) is 1. The fourth-order valence-corrected chi connectivity index (χ4v) is 2.64. The molecule has 1 aromatic rings. The molecule has 120 valence electrons. The van der Waals surface area contributed by atoms with E-state index in [1.54, 1.807) is 14.2 Å². The second-order valence-electron chi connectivity index (χ2n) is 5.79. The highest BCUT2D eigenvalue weighted by molar-refractivity contribution is 9.10. The average Bonchev–Trinajstić information content (AvgIpc) is 2.43. The van der Waals surface area contributed by atoms with Crippen LogP contribution in [0.2, 0.25) is 0 Å². The Bertz CT molecular complexity index is 450. The third-order valence-corrected chi connectivity index (χ3v) is 4.21. The molecule has 0 aromatic heterocycles. The molecule has 1 aromatic carbocycles. The van der Waals surface area contributed by atoms with Crippen molar-refractivity contribution in [2.75, 3.05) is 34.9 Å². The number of benzene rings is 1. The number of rotatable bonds is 8. The van der Waals surface area contributed by atoms with E-state index in [1.165, 1.54) is 0 Å². The molecule has 0 aliphatic heterocycles. The minimum atomic E-state index is 0.444. The summed E-state index contributed by atoms with van der Waals surface area (Å²) in [7, 11) is 7.51. The molecule has 0 spiro atoms. The normalized spacial score (nSPS) is 12.8. The van der Waals surface area contributed by atoms with Gasteiger partial charge < -0.3 is 19.7 Å². The molecule has 0 aliphatic carbocycles. The summed E-state index contributed by atoms with van der Waals surface area (Å²) in [6.45, 7) is 6.29. The summed E-state index contributed by atoms with van der Waals surface area (Å²) in [5.74, 6) is 2.07. The van der Waals surface area contributed by atoms with Gasteiger partial charge in [0.25, 0.3) is 0 Å². The van der Waals surface area contributed by atoms with Gasteiger partial charge in [-0.25, -0.2) is 0 Å². The maximum absolute atomic E-state index is 5.37. The fourth-order valence-electron chi connectivity index (χ4n) is 2.18. The van der Waals surface area contributed by atoms with E-state index in [4.69, 9.17) is 9.47 Å². The van der Waals surface area contributed by atoms with Crippen LogP contribution in [0.4, 0.5) is 0 Å². The van der Waals surface area contributed by atoms with Crippen LogP contribution < -0.4 is 14.8 Å². The van der Waals surface area contributed by atoms with Crippen molar-refractivity contribution in [3.63, 3.8) is 0 Å². The Kier molecular flexibility index (Phi) is 7.49. The first-order chi connectivity index (χ1) is 9.88. The molecule has 0 heterocycles. The minimum absolute atomic E-state index is 0.444. The van der Waals surface area contributed by atoms with E-state index in [1.807, 2.05) is 12.1 Å². The van der Waals surface area contributed by atoms with Gasteiger partial charge in [0.2, 0.25) is 0 Å². The van der Waals surface area contributed by atoms with Crippen molar-refractivity contribution < 1.29 is 9.47 Å². The van der Waals surface area contributed by atoms with Gasteiger partial charge in [0.05, 0.1) is 14.2 Å². The van der Waals surface area contributed by atoms with Crippen molar-refractivity contribution in [1.82, 2.24) is 10.2 Å². The van der Waals surface area contributed by atoms with Crippen molar-refractivity contribution >= 4 is 15.9 Å². The Morgan fingerprint density at radius 3 is 2.19 bits per heavy atom. The van der Waals surface area contributed by atoms with E-state index in [0.29, 0.717) is 12.0 Å². The maximum Gasteiger partial charge on any atom is 0.161 e. The summed E-state index contributed by atoms with van der Waals surface area (Å²) >= 11 is 3.60. The molecule has 0 aliphatic rings. The van der Waals surface area contributed by atoms with E-state index < -0.39 is 0 Å². The lowest BCUT2D eigenvalue weighted by Crippen LogP contribution is -2.41. The molecular formula is C16H27BrN2O2. The highest BCUT2D eigenvalue weighted by atomic mass is 79.9. The SMILES string of the molecule is COc1cc(Br)c(CNC(CN(C)C)C(C)C)cc1OC. The quantitative estimate of drug-likeness (QED) is 0.773. The van der Waals surface area contributed by atoms with Crippen LogP contribution in [0.5, 0.6) is 11.5 Å². The topological polar surface area (TPSA) is 33.7 Å². The first kappa shape index (κ1) is 18.3. The highest BCUT2D eigenvalue weighted by Crippen LogP contribution is 2.33. The Labute approximate surface area is 136 Å². The van der Waals surface area contributed by atoms with Gasteiger partial charge in [-0.3, -0.25) is 0 Å². The lowest BCUT2D eigenvalue weighted by molar-refractivity contribution is 0.287. The molecule has 0 saturated carbocycles. The van der Waals surface area contributed by atoms with Gasteiger partial charge in [0, 0.05) is 23.6 Å². The molecule has 0 bridgehead atoms. The van der Waals surface area contributed by atoms with Crippen LogP contribution in [0.25, 0.3) is 0 Å². The molecule has 4 nitrogen and oxygen atoms in total. The predicted octanol–water partition coefficient (Wildman–Crippen LogP) is 3.14. The predicted molar refractivity (Wildman–Crippen MR) is 91.3 cm³/mol. The first-order valence-electron chi connectivity index (χ1n) is 7.17. The zero-order chi connectivity index (χ0) is 16.0. The van der Waals surface area contributed by atoms with E-state index in [2.05, 4.69) is 54.1 Å². The van der Waals surface area contributed by atoms with Gasteiger partial charge in [-0.15, -0.1) is 0 Å². The lowest BCUT2D eigenvalue weighted by Gasteiger charge is -2.26. The third-order valence-electron chi connectivity index (χ3n) is 3.47. The van der Waals surface area contributed by atoms with Gasteiger partial charge in [-0.2, -0.15) is 0 Å². The zero-order valence-corrected chi connectivity index (χ0v) is 15.5. The van der Waals surface area contributed by atoms with Crippen LogP contribution in [0.3, 0.4) is 0 Å². The largest absolute Gasteiger partial charge is 0.493 e. The summed E-state index contributed by atoms with van der Waals surface area (Å²) in [5.41, 5.74) is 1.16. The number of ether oxygens (including phenoxy) is 2. The molecule has 1 unspecified atom stereocenters. The molecule has 21 heavy (non-hydrogen) atoms.